The molecule has 0 rings (SSSR count). The number of methoxy groups -OCH3 is 2. The normalized spacial score (nSPS) is 13.8. The molecule has 0 heterocycles. The van der Waals surface area contributed by atoms with Crippen molar-refractivity contribution in [2.24, 2.45) is 4.99 Å². The lowest BCUT2D eigenvalue weighted by Crippen LogP contribution is -2.48. The van der Waals surface area contributed by atoms with E-state index < -0.39 is 41.8 Å². The number of alkyl carbamates (subject to hydrolysis) is 2. The van der Waals surface area contributed by atoms with Gasteiger partial charge in [0.15, 0.2) is 6.29 Å². The number of rotatable bonds is 11. The quantitative estimate of drug-likeness (QED) is 0.178. The van der Waals surface area contributed by atoms with Crippen molar-refractivity contribution in [3.05, 3.63) is 0 Å². The van der Waals surface area contributed by atoms with Crippen molar-refractivity contribution in [1.82, 2.24) is 10.6 Å². The number of guanidine groups is 1. The fourth-order valence-corrected chi connectivity index (χ4v) is 2.84. The Balaban J connectivity index is 5.76. The number of hydrogen-bond acceptors (Lipinski definition) is 8. The van der Waals surface area contributed by atoms with Crippen LogP contribution in [0.2, 0.25) is 0 Å². The SMILES string of the molecule is CCCCC[C@@H](O)[C@H](CCC(OC)OC)N=C(NC(=O)OC(C)(C)C)NC(=O)OC(C)(C)C. The van der Waals surface area contributed by atoms with E-state index in [0.717, 1.165) is 19.3 Å². The number of aliphatic hydroxyl groups is 1. The molecular formula is C23H45N3O7. The summed E-state index contributed by atoms with van der Waals surface area (Å²) in [5, 5.41) is 15.7. The van der Waals surface area contributed by atoms with Gasteiger partial charge in [-0.25, -0.2) is 14.6 Å². The molecule has 0 bridgehead atoms. The summed E-state index contributed by atoms with van der Waals surface area (Å²) in [5.74, 6) is -0.163. The lowest BCUT2D eigenvalue weighted by Gasteiger charge is -2.25. The number of aliphatic imine (C=N–C) groups is 1. The smallest absolute Gasteiger partial charge is 0.414 e. The van der Waals surface area contributed by atoms with Crippen molar-refractivity contribution in [2.75, 3.05) is 14.2 Å². The van der Waals surface area contributed by atoms with Gasteiger partial charge in [0.2, 0.25) is 5.96 Å². The summed E-state index contributed by atoms with van der Waals surface area (Å²) >= 11 is 0. The molecule has 0 aliphatic heterocycles. The van der Waals surface area contributed by atoms with Crippen molar-refractivity contribution < 1.29 is 33.6 Å². The minimum absolute atomic E-state index is 0.163. The molecule has 0 saturated heterocycles. The van der Waals surface area contributed by atoms with Crippen molar-refractivity contribution in [3.8, 4) is 0 Å². The topological polar surface area (TPSA) is 128 Å². The highest BCUT2D eigenvalue weighted by molar-refractivity contribution is 6.01. The second-order valence-corrected chi connectivity index (χ2v) is 9.84. The molecule has 0 aliphatic rings. The first-order valence-electron chi connectivity index (χ1n) is 11.5. The van der Waals surface area contributed by atoms with E-state index in [2.05, 4.69) is 22.5 Å². The third-order valence-electron chi connectivity index (χ3n) is 4.31. The Labute approximate surface area is 198 Å². The molecule has 10 heteroatoms. The van der Waals surface area contributed by atoms with E-state index in [1.807, 2.05) is 0 Å². The van der Waals surface area contributed by atoms with Gasteiger partial charge in [0.25, 0.3) is 0 Å². The van der Waals surface area contributed by atoms with Crippen LogP contribution in [0.1, 0.15) is 87.0 Å². The average Bonchev–Trinajstić information content (AvgIpc) is 2.64. The van der Waals surface area contributed by atoms with E-state index in [0.29, 0.717) is 19.3 Å². The Hall–Kier alpha value is -1.91. The molecule has 0 radical (unpaired) electrons. The van der Waals surface area contributed by atoms with Crippen molar-refractivity contribution in [1.29, 1.82) is 0 Å². The molecular weight excluding hydrogens is 430 g/mol. The van der Waals surface area contributed by atoms with E-state index in [1.165, 1.54) is 14.2 Å². The van der Waals surface area contributed by atoms with E-state index in [9.17, 15) is 14.7 Å². The van der Waals surface area contributed by atoms with E-state index >= 15 is 0 Å². The van der Waals surface area contributed by atoms with Gasteiger partial charge in [-0.15, -0.1) is 0 Å². The molecule has 0 aliphatic carbocycles. The first-order chi connectivity index (χ1) is 15.2. The van der Waals surface area contributed by atoms with Crippen LogP contribution in [-0.4, -0.2) is 67.1 Å². The monoisotopic (exact) mass is 475 g/mol. The summed E-state index contributed by atoms with van der Waals surface area (Å²) in [6.45, 7) is 12.4. The average molecular weight is 476 g/mol. The Morgan fingerprint density at radius 3 is 1.73 bits per heavy atom. The number of carbonyl (C=O) groups is 2. The molecule has 2 atom stereocenters. The third kappa shape index (κ3) is 16.4. The minimum Gasteiger partial charge on any atom is -0.444 e. The zero-order valence-corrected chi connectivity index (χ0v) is 21.8. The van der Waals surface area contributed by atoms with Crippen LogP contribution >= 0.6 is 0 Å². The highest BCUT2D eigenvalue weighted by Crippen LogP contribution is 2.17. The number of amides is 2. The zero-order chi connectivity index (χ0) is 25.7. The second-order valence-electron chi connectivity index (χ2n) is 9.84. The fourth-order valence-electron chi connectivity index (χ4n) is 2.84. The van der Waals surface area contributed by atoms with Gasteiger partial charge in [-0.05, 0) is 54.4 Å². The number of nitrogens with zero attached hydrogens (tertiary/aromatic N) is 1. The van der Waals surface area contributed by atoms with Crippen LogP contribution in [0.15, 0.2) is 4.99 Å². The van der Waals surface area contributed by atoms with Crippen LogP contribution in [-0.2, 0) is 18.9 Å². The van der Waals surface area contributed by atoms with Gasteiger partial charge in [-0.3, -0.25) is 10.6 Å². The molecule has 2 amide bonds. The maximum atomic E-state index is 12.3. The van der Waals surface area contributed by atoms with Crippen LogP contribution in [0.25, 0.3) is 0 Å². The molecule has 0 aromatic carbocycles. The van der Waals surface area contributed by atoms with Gasteiger partial charge < -0.3 is 24.1 Å². The van der Waals surface area contributed by atoms with Crippen molar-refractivity contribution in [2.45, 2.75) is 117 Å². The Morgan fingerprint density at radius 1 is 0.848 bits per heavy atom. The molecule has 10 nitrogen and oxygen atoms in total. The third-order valence-corrected chi connectivity index (χ3v) is 4.31. The lowest BCUT2D eigenvalue weighted by molar-refractivity contribution is -0.108. The van der Waals surface area contributed by atoms with Crippen LogP contribution in [0.3, 0.4) is 0 Å². The van der Waals surface area contributed by atoms with Gasteiger partial charge in [0.05, 0.1) is 12.1 Å². The number of nitrogens with one attached hydrogen (secondary N) is 2. The van der Waals surface area contributed by atoms with E-state index in [1.54, 1.807) is 41.5 Å². The highest BCUT2D eigenvalue weighted by Gasteiger charge is 2.25. The van der Waals surface area contributed by atoms with Gasteiger partial charge >= 0.3 is 12.2 Å². The summed E-state index contributed by atoms with van der Waals surface area (Å²) in [5.41, 5.74) is -1.49. The number of unbranched alkanes of at least 4 members (excludes halogenated alkanes) is 2. The predicted octanol–water partition coefficient (Wildman–Crippen LogP) is 4.10. The van der Waals surface area contributed by atoms with Gasteiger partial charge in [0.1, 0.15) is 11.2 Å². The Morgan fingerprint density at radius 2 is 1.33 bits per heavy atom. The number of aliphatic hydroxyl groups excluding tert-OH is 1. The zero-order valence-electron chi connectivity index (χ0n) is 21.8. The molecule has 0 unspecified atom stereocenters. The van der Waals surface area contributed by atoms with E-state index in [4.69, 9.17) is 18.9 Å². The predicted molar refractivity (Wildman–Crippen MR) is 127 cm³/mol. The fraction of sp³-hybridized carbons (Fsp3) is 0.870. The number of carbonyl (C=O) groups excluding carboxylic acids is 2. The maximum Gasteiger partial charge on any atom is 0.414 e. The van der Waals surface area contributed by atoms with E-state index in [-0.39, 0.29) is 5.96 Å². The van der Waals surface area contributed by atoms with Crippen molar-refractivity contribution in [3.63, 3.8) is 0 Å². The van der Waals surface area contributed by atoms with Crippen LogP contribution in [0, 0.1) is 0 Å². The molecule has 194 valence electrons. The number of ether oxygens (including phenoxy) is 4. The summed E-state index contributed by atoms with van der Waals surface area (Å²) in [4.78, 5) is 29.2. The first kappa shape index (κ1) is 31.1. The summed E-state index contributed by atoms with van der Waals surface area (Å²) in [6, 6.07) is -0.630. The van der Waals surface area contributed by atoms with Crippen LogP contribution < -0.4 is 10.6 Å². The Bertz CT molecular complexity index is 576. The molecule has 0 spiro atoms. The molecule has 0 aromatic heterocycles. The first-order valence-corrected chi connectivity index (χ1v) is 11.5. The summed E-state index contributed by atoms with van der Waals surface area (Å²) in [6.07, 6.45) is 1.37. The standard InChI is InChI=1S/C23H45N3O7/c1-10-11-12-13-17(27)16(14-15-18(30-8)31-9)24-19(25-20(28)32-22(2,3)4)26-21(29)33-23(5,6)7/h16-18,27H,10-15H2,1-9H3,(H2,24,25,26,28,29)/t16-,17+/m0/s1. The highest BCUT2D eigenvalue weighted by atomic mass is 16.7. The molecule has 0 aromatic rings. The molecule has 33 heavy (non-hydrogen) atoms. The van der Waals surface area contributed by atoms with Crippen LogP contribution in [0.4, 0.5) is 9.59 Å². The lowest BCUT2D eigenvalue weighted by atomic mass is 10.00. The minimum atomic E-state index is -0.790. The molecule has 0 fully saturated rings. The van der Waals surface area contributed by atoms with Crippen LogP contribution in [0.5, 0.6) is 0 Å². The van der Waals surface area contributed by atoms with Gasteiger partial charge in [0, 0.05) is 20.6 Å². The summed E-state index contributed by atoms with van der Waals surface area (Å²) in [7, 11) is 3.06. The number of hydrogen-bond donors (Lipinski definition) is 3. The molecule has 0 saturated carbocycles. The Kier molecular flexibility index (Phi) is 14.2. The summed E-state index contributed by atoms with van der Waals surface area (Å²) < 4.78 is 21.0. The van der Waals surface area contributed by atoms with Crippen molar-refractivity contribution >= 4 is 18.1 Å². The second kappa shape index (κ2) is 15.1. The van der Waals surface area contributed by atoms with Gasteiger partial charge in [-0.2, -0.15) is 0 Å². The molecule has 3 N–H and O–H groups in total. The largest absolute Gasteiger partial charge is 0.444 e. The maximum absolute atomic E-state index is 12.3. The van der Waals surface area contributed by atoms with Gasteiger partial charge in [-0.1, -0.05) is 26.2 Å².